The van der Waals surface area contributed by atoms with Crippen LogP contribution in [0.2, 0.25) is 0 Å². The highest BCUT2D eigenvalue weighted by molar-refractivity contribution is 5.71. The third-order valence-electron chi connectivity index (χ3n) is 14.1. The minimum atomic E-state index is -0.796. The summed E-state index contributed by atoms with van der Waals surface area (Å²) in [6.07, 6.45) is 85.1. The minimum Gasteiger partial charge on any atom is -0.462 e. The lowest BCUT2D eigenvalue weighted by molar-refractivity contribution is -0.167. The second-order valence-electron chi connectivity index (χ2n) is 21.6. The summed E-state index contributed by atoms with van der Waals surface area (Å²) in [5, 5.41) is 0. The monoisotopic (exact) mass is 1060 g/mol. The predicted octanol–water partition coefficient (Wildman–Crippen LogP) is 22.3. The Kier molecular flexibility index (Phi) is 61.2. The van der Waals surface area contributed by atoms with Gasteiger partial charge in [-0.25, -0.2) is 0 Å². The molecule has 0 spiro atoms. The van der Waals surface area contributed by atoms with E-state index in [9.17, 15) is 14.4 Å². The number of carbonyl (C=O) groups excluding carboxylic acids is 3. The highest BCUT2D eigenvalue weighted by Gasteiger charge is 2.19. The fourth-order valence-electron chi connectivity index (χ4n) is 9.27. The Morgan fingerprint density at radius 3 is 0.842 bits per heavy atom. The topological polar surface area (TPSA) is 78.9 Å². The van der Waals surface area contributed by atoms with Crippen molar-refractivity contribution in [3.63, 3.8) is 0 Å². The first-order chi connectivity index (χ1) is 37.5. The number of hydrogen-bond acceptors (Lipinski definition) is 6. The van der Waals surface area contributed by atoms with E-state index in [0.717, 1.165) is 89.9 Å². The van der Waals surface area contributed by atoms with E-state index >= 15 is 0 Å². The number of unbranched alkanes of at least 4 members (excludes halogenated alkanes) is 34. The molecule has 0 saturated heterocycles. The summed E-state index contributed by atoms with van der Waals surface area (Å²) in [6, 6.07) is 0. The zero-order chi connectivity index (χ0) is 55.0. The molecule has 0 aromatic heterocycles. The summed E-state index contributed by atoms with van der Waals surface area (Å²) in [4.78, 5) is 38.0. The maximum absolute atomic E-state index is 12.8. The molecule has 1 atom stereocenters. The van der Waals surface area contributed by atoms with Gasteiger partial charge in [0.1, 0.15) is 13.2 Å². The third-order valence-corrected chi connectivity index (χ3v) is 14.1. The van der Waals surface area contributed by atoms with Crippen molar-refractivity contribution in [1.82, 2.24) is 0 Å². The molecule has 0 rings (SSSR count). The molecule has 6 heteroatoms. The fourth-order valence-corrected chi connectivity index (χ4v) is 9.27. The molecule has 0 aromatic rings. The van der Waals surface area contributed by atoms with E-state index in [1.807, 2.05) is 0 Å². The molecular weight excluding hydrogens is 937 g/mol. The van der Waals surface area contributed by atoms with Crippen LogP contribution in [0.25, 0.3) is 0 Å². The average molecular weight is 1060 g/mol. The highest BCUT2D eigenvalue weighted by atomic mass is 16.6. The van der Waals surface area contributed by atoms with Crippen molar-refractivity contribution in [1.29, 1.82) is 0 Å². The van der Waals surface area contributed by atoms with Crippen molar-refractivity contribution < 1.29 is 28.6 Å². The first kappa shape index (κ1) is 72.6. The Morgan fingerprint density at radius 1 is 0.276 bits per heavy atom. The Bertz CT molecular complexity index is 1450. The molecule has 0 radical (unpaired) electrons. The first-order valence-electron chi connectivity index (χ1n) is 32.6. The van der Waals surface area contributed by atoms with Crippen molar-refractivity contribution in [2.75, 3.05) is 13.2 Å². The van der Waals surface area contributed by atoms with Crippen molar-refractivity contribution in [3.05, 3.63) is 85.1 Å². The van der Waals surface area contributed by atoms with E-state index in [4.69, 9.17) is 14.2 Å². The molecular formula is C70H122O6. The van der Waals surface area contributed by atoms with Crippen LogP contribution in [0, 0.1) is 0 Å². The first-order valence-corrected chi connectivity index (χ1v) is 32.6. The van der Waals surface area contributed by atoms with Crippen LogP contribution >= 0.6 is 0 Å². The van der Waals surface area contributed by atoms with Crippen LogP contribution in [0.3, 0.4) is 0 Å². The second kappa shape index (κ2) is 64.1. The molecule has 1 unspecified atom stereocenters. The van der Waals surface area contributed by atoms with Gasteiger partial charge in [0, 0.05) is 19.3 Å². The predicted molar refractivity (Wildman–Crippen MR) is 330 cm³/mol. The van der Waals surface area contributed by atoms with Crippen LogP contribution < -0.4 is 0 Å². The zero-order valence-electron chi connectivity index (χ0n) is 50.3. The summed E-state index contributed by atoms with van der Waals surface area (Å²) in [6.45, 7) is 6.46. The molecule has 0 aliphatic rings. The summed E-state index contributed by atoms with van der Waals surface area (Å²) in [7, 11) is 0. The smallest absolute Gasteiger partial charge is 0.306 e. The van der Waals surface area contributed by atoms with Gasteiger partial charge in [-0.15, -0.1) is 0 Å². The van der Waals surface area contributed by atoms with Crippen molar-refractivity contribution in [3.8, 4) is 0 Å². The Balaban J connectivity index is 4.06. The van der Waals surface area contributed by atoms with Gasteiger partial charge in [0.25, 0.3) is 0 Å². The van der Waals surface area contributed by atoms with Crippen LogP contribution in [0.15, 0.2) is 85.1 Å². The second-order valence-corrected chi connectivity index (χ2v) is 21.6. The van der Waals surface area contributed by atoms with Gasteiger partial charge in [-0.1, -0.05) is 292 Å². The molecule has 438 valence electrons. The zero-order valence-corrected chi connectivity index (χ0v) is 50.3. The van der Waals surface area contributed by atoms with Gasteiger partial charge in [-0.3, -0.25) is 14.4 Å². The van der Waals surface area contributed by atoms with Crippen molar-refractivity contribution >= 4 is 17.9 Å². The molecule has 0 fully saturated rings. The van der Waals surface area contributed by atoms with Crippen LogP contribution in [-0.4, -0.2) is 37.2 Å². The third kappa shape index (κ3) is 61.4. The van der Waals surface area contributed by atoms with Crippen molar-refractivity contribution in [2.24, 2.45) is 0 Å². The number of allylic oxidation sites excluding steroid dienone is 14. The summed E-state index contributed by atoms with van der Waals surface area (Å²) in [5.41, 5.74) is 0. The lowest BCUT2D eigenvalue weighted by Gasteiger charge is -2.18. The van der Waals surface area contributed by atoms with Crippen LogP contribution in [0.1, 0.15) is 323 Å². The summed E-state index contributed by atoms with van der Waals surface area (Å²) >= 11 is 0. The fraction of sp³-hybridized carbons (Fsp3) is 0.757. The lowest BCUT2D eigenvalue weighted by atomic mass is 10.0. The van der Waals surface area contributed by atoms with E-state index in [1.165, 1.54) is 186 Å². The van der Waals surface area contributed by atoms with E-state index < -0.39 is 6.10 Å². The van der Waals surface area contributed by atoms with Gasteiger partial charge in [-0.2, -0.15) is 0 Å². The highest BCUT2D eigenvalue weighted by Crippen LogP contribution is 2.17. The molecule has 0 saturated carbocycles. The van der Waals surface area contributed by atoms with E-state index in [2.05, 4.69) is 106 Å². The van der Waals surface area contributed by atoms with E-state index in [0.29, 0.717) is 19.3 Å². The molecule has 0 bridgehead atoms. The van der Waals surface area contributed by atoms with Gasteiger partial charge < -0.3 is 14.2 Å². The SMILES string of the molecule is CC/C=C\C/C=C\C/C=C\C/C=C\C/C=C\C/C=C\CCCCC(=O)OC(COC(=O)CCCCCCCC)COC(=O)CCCCCCCCCCCCCCCCCCCCC/C=C\CCCCCCCCCC. The Hall–Kier alpha value is -3.41. The molecule has 0 amide bonds. The van der Waals surface area contributed by atoms with Crippen LogP contribution in [0.5, 0.6) is 0 Å². The molecule has 0 aliphatic carbocycles. The normalized spacial score (nSPS) is 12.6. The van der Waals surface area contributed by atoms with E-state index in [1.54, 1.807) is 0 Å². The Morgan fingerprint density at radius 2 is 0.513 bits per heavy atom. The average Bonchev–Trinajstić information content (AvgIpc) is 3.42. The number of rotatable bonds is 59. The summed E-state index contributed by atoms with van der Waals surface area (Å²) in [5.74, 6) is -0.936. The molecule has 6 nitrogen and oxygen atoms in total. The molecule has 0 aliphatic heterocycles. The van der Waals surface area contributed by atoms with Crippen LogP contribution in [0.4, 0.5) is 0 Å². The van der Waals surface area contributed by atoms with Crippen molar-refractivity contribution in [2.45, 2.75) is 329 Å². The number of hydrogen-bond donors (Lipinski definition) is 0. The number of ether oxygens (including phenoxy) is 3. The van der Waals surface area contributed by atoms with Gasteiger partial charge in [0.15, 0.2) is 6.10 Å². The quantitative estimate of drug-likeness (QED) is 0.0261. The van der Waals surface area contributed by atoms with Gasteiger partial charge in [-0.05, 0) is 96.3 Å². The molecule has 0 N–H and O–H groups in total. The van der Waals surface area contributed by atoms with E-state index in [-0.39, 0.29) is 37.5 Å². The van der Waals surface area contributed by atoms with Gasteiger partial charge in [0.05, 0.1) is 0 Å². The maximum atomic E-state index is 12.8. The number of esters is 3. The standard InChI is InChI=1S/C70H122O6/c1-4-7-10-13-16-18-20-22-24-26-28-30-31-32-33-34-35-36-37-38-39-41-42-44-46-48-50-52-54-57-60-63-69(72)75-66-67(65-74-68(71)62-59-56-15-12-9-6-3)76-70(73)64-61-58-55-53-51-49-47-45-43-40-29-27-25-23-21-19-17-14-11-8-5-2/h8,11,17,19,23,25-26,28-29,40,45,47,51,53,67H,4-7,9-10,12-16,18,20-22,24,27,30-39,41-44,46,48-50,52,54-66H2,1-3H3/b11-8-,19-17-,25-23-,28-26-,40-29-,47-45-,53-51-. The minimum absolute atomic E-state index is 0.0918. The lowest BCUT2D eigenvalue weighted by Crippen LogP contribution is -2.30. The molecule has 76 heavy (non-hydrogen) atoms. The maximum Gasteiger partial charge on any atom is 0.306 e. The largest absolute Gasteiger partial charge is 0.462 e. The van der Waals surface area contributed by atoms with Gasteiger partial charge in [0.2, 0.25) is 0 Å². The Labute approximate surface area is 471 Å². The number of carbonyl (C=O) groups is 3. The molecule has 0 aromatic carbocycles. The summed E-state index contributed by atoms with van der Waals surface area (Å²) < 4.78 is 16.8. The van der Waals surface area contributed by atoms with Gasteiger partial charge >= 0.3 is 17.9 Å². The molecule has 0 heterocycles. The van der Waals surface area contributed by atoms with Crippen LogP contribution in [-0.2, 0) is 28.6 Å².